The fraction of sp³-hybridized carbons (Fsp3) is 0.150. The van der Waals surface area contributed by atoms with Gasteiger partial charge in [0.05, 0.1) is 0 Å². The number of fused-ring (bicyclic) bond motifs is 1. The molecular formula is C20H16O4Se. The van der Waals surface area contributed by atoms with Gasteiger partial charge in [0.2, 0.25) is 0 Å². The third-order valence-electron chi connectivity index (χ3n) is 4.16. The molecule has 0 unspecified atom stereocenters. The van der Waals surface area contributed by atoms with Crippen LogP contribution < -0.4 is 4.74 Å². The molecule has 0 amide bonds. The normalized spacial score (nSPS) is 13.7. The molecule has 0 saturated heterocycles. The number of carbonyl (C=O) groups excluding carboxylic acids is 3. The van der Waals surface area contributed by atoms with Crippen molar-refractivity contribution in [3.8, 4) is 5.75 Å². The van der Waals surface area contributed by atoms with E-state index in [1.54, 1.807) is 62.6 Å². The van der Waals surface area contributed by atoms with Gasteiger partial charge in [-0.1, -0.05) is 0 Å². The zero-order valence-electron chi connectivity index (χ0n) is 13.9. The summed E-state index contributed by atoms with van der Waals surface area (Å²) in [5.41, 5.74) is 2.39. The Bertz CT molecular complexity index is 894. The molecule has 0 N–H and O–H groups in total. The van der Waals surface area contributed by atoms with E-state index in [9.17, 15) is 14.4 Å². The summed E-state index contributed by atoms with van der Waals surface area (Å²) in [6, 6.07) is 13.7. The van der Waals surface area contributed by atoms with Crippen LogP contribution in [0, 0.1) is 0 Å². The monoisotopic (exact) mass is 400 g/mol. The third kappa shape index (κ3) is 3.34. The topological polar surface area (TPSA) is 60.4 Å². The van der Waals surface area contributed by atoms with E-state index in [0.717, 1.165) is 0 Å². The first kappa shape index (κ1) is 17.3. The molecule has 0 atom stereocenters. The second kappa shape index (κ2) is 7.18. The van der Waals surface area contributed by atoms with Gasteiger partial charge >= 0.3 is 152 Å². The molecule has 0 saturated carbocycles. The average molecular weight is 399 g/mol. The van der Waals surface area contributed by atoms with Crippen molar-refractivity contribution in [3.63, 3.8) is 0 Å². The number of allylic oxidation sites excluding steroid dienone is 2. The van der Waals surface area contributed by atoms with Gasteiger partial charge < -0.3 is 0 Å². The number of methoxy groups -OCH3 is 1. The van der Waals surface area contributed by atoms with Gasteiger partial charge in [-0.15, -0.1) is 0 Å². The number of hydrogen-bond acceptors (Lipinski definition) is 4. The van der Waals surface area contributed by atoms with E-state index in [2.05, 4.69) is 0 Å². The Morgan fingerprint density at radius 3 is 2.16 bits per heavy atom. The molecule has 0 aliphatic heterocycles. The summed E-state index contributed by atoms with van der Waals surface area (Å²) < 4.78 is 5.08. The summed E-state index contributed by atoms with van der Waals surface area (Å²) in [5, 5.41) is 0.322. The summed E-state index contributed by atoms with van der Waals surface area (Å²) in [6.45, 7) is 1.67. The minimum absolute atomic E-state index is 0.00504. The van der Waals surface area contributed by atoms with E-state index in [1.807, 2.05) is 0 Å². The van der Waals surface area contributed by atoms with Crippen molar-refractivity contribution < 1.29 is 19.1 Å². The number of hydrogen-bond donors (Lipinski definition) is 0. The standard InChI is InChI=1S/C20H16O4Se/c1-12-17(19(22)16-6-4-3-5-15(16)18(12)21)11-25-20(23)13-7-9-14(24-2)10-8-13/h3-10H,11H2,1-2H3. The van der Waals surface area contributed by atoms with Crippen LogP contribution in [0.5, 0.6) is 5.75 Å². The molecule has 0 fully saturated rings. The van der Waals surface area contributed by atoms with Crippen molar-refractivity contribution in [3.05, 3.63) is 76.4 Å². The fourth-order valence-electron chi connectivity index (χ4n) is 2.67. The first-order valence-electron chi connectivity index (χ1n) is 7.72. The van der Waals surface area contributed by atoms with Crippen molar-refractivity contribution >= 4 is 31.2 Å². The fourth-order valence-corrected chi connectivity index (χ4v) is 4.62. The van der Waals surface area contributed by atoms with Gasteiger partial charge in [-0.05, 0) is 0 Å². The summed E-state index contributed by atoms with van der Waals surface area (Å²) in [4.78, 5) is 37.5. The number of carbonyl (C=O) groups is 3. The van der Waals surface area contributed by atoms with Gasteiger partial charge in [0.25, 0.3) is 0 Å². The second-order valence-corrected chi connectivity index (χ2v) is 7.60. The molecule has 4 nitrogen and oxygen atoms in total. The van der Waals surface area contributed by atoms with Crippen LogP contribution in [0.1, 0.15) is 38.0 Å². The molecule has 5 heteroatoms. The zero-order chi connectivity index (χ0) is 18.0. The summed E-state index contributed by atoms with van der Waals surface area (Å²) >= 11 is -0.451. The molecule has 1 aliphatic carbocycles. The molecule has 0 spiro atoms. The molecule has 0 radical (unpaired) electrons. The maximum absolute atomic E-state index is 12.7. The molecule has 25 heavy (non-hydrogen) atoms. The SMILES string of the molecule is COc1ccc(C(=O)[Se]CC2=C(C)C(=O)c3ccccc3C2=O)cc1. The van der Waals surface area contributed by atoms with E-state index in [1.165, 1.54) is 0 Å². The Hall–Kier alpha value is -2.49. The predicted octanol–water partition coefficient (Wildman–Crippen LogP) is 3.35. The van der Waals surface area contributed by atoms with Gasteiger partial charge in [0.15, 0.2) is 0 Å². The predicted molar refractivity (Wildman–Crippen MR) is 95.7 cm³/mol. The van der Waals surface area contributed by atoms with E-state index in [0.29, 0.717) is 38.9 Å². The summed E-state index contributed by atoms with van der Waals surface area (Å²) in [5.74, 6) is 0.419. The summed E-state index contributed by atoms with van der Waals surface area (Å²) in [7, 11) is 1.57. The number of ether oxygens (including phenoxy) is 1. The molecule has 2 aromatic rings. The van der Waals surface area contributed by atoms with Crippen LogP contribution in [0.3, 0.4) is 0 Å². The maximum atomic E-state index is 12.7. The van der Waals surface area contributed by atoms with E-state index >= 15 is 0 Å². The molecular weight excluding hydrogens is 383 g/mol. The van der Waals surface area contributed by atoms with Crippen molar-refractivity contribution in [1.82, 2.24) is 0 Å². The molecule has 1 aliphatic rings. The first-order chi connectivity index (χ1) is 12.0. The Morgan fingerprint density at radius 2 is 1.56 bits per heavy atom. The van der Waals surface area contributed by atoms with Crippen LogP contribution in [0.25, 0.3) is 0 Å². The minimum atomic E-state index is -0.451. The van der Waals surface area contributed by atoms with Crippen molar-refractivity contribution in [2.45, 2.75) is 12.2 Å². The Labute approximate surface area is 152 Å². The number of ketones is 2. The quantitative estimate of drug-likeness (QED) is 0.724. The first-order valence-corrected chi connectivity index (χ1v) is 9.79. The van der Waals surface area contributed by atoms with Gasteiger partial charge in [0.1, 0.15) is 0 Å². The summed E-state index contributed by atoms with van der Waals surface area (Å²) in [6.07, 6.45) is 0. The molecule has 2 aromatic carbocycles. The number of Topliss-reactive ketones (excluding diaryl/α,β-unsaturated/α-hetero) is 2. The van der Waals surface area contributed by atoms with Crippen LogP contribution in [-0.2, 0) is 0 Å². The Morgan fingerprint density at radius 1 is 0.960 bits per heavy atom. The average Bonchev–Trinajstić information content (AvgIpc) is 2.66. The van der Waals surface area contributed by atoms with Gasteiger partial charge in [0, 0.05) is 0 Å². The van der Waals surface area contributed by atoms with Crippen molar-refractivity contribution in [2.24, 2.45) is 0 Å². The van der Waals surface area contributed by atoms with Crippen molar-refractivity contribution in [2.75, 3.05) is 7.11 Å². The van der Waals surface area contributed by atoms with Crippen LogP contribution in [0.15, 0.2) is 59.7 Å². The molecule has 0 bridgehead atoms. The van der Waals surface area contributed by atoms with E-state index < -0.39 is 15.0 Å². The van der Waals surface area contributed by atoms with E-state index in [-0.39, 0.29) is 16.2 Å². The van der Waals surface area contributed by atoms with Crippen LogP contribution in [0.4, 0.5) is 0 Å². The van der Waals surface area contributed by atoms with Gasteiger partial charge in [-0.2, -0.15) is 0 Å². The van der Waals surface area contributed by atoms with Crippen LogP contribution in [0.2, 0.25) is 5.32 Å². The van der Waals surface area contributed by atoms with Gasteiger partial charge in [-0.25, -0.2) is 0 Å². The molecule has 0 heterocycles. The third-order valence-corrected chi connectivity index (χ3v) is 6.11. The molecule has 3 rings (SSSR count). The molecule has 126 valence electrons. The molecule has 0 aromatic heterocycles. The van der Waals surface area contributed by atoms with Crippen molar-refractivity contribution in [1.29, 1.82) is 0 Å². The van der Waals surface area contributed by atoms with Crippen LogP contribution in [-0.4, -0.2) is 38.3 Å². The Balaban J connectivity index is 1.78. The number of rotatable bonds is 5. The zero-order valence-corrected chi connectivity index (χ0v) is 15.6. The Kier molecular flexibility index (Phi) is 4.98. The number of benzene rings is 2. The second-order valence-electron chi connectivity index (χ2n) is 5.61. The van der Waals surface area contributed by atoms with Gasteiger partial charge in [-0.3, -0.25) is 0 Å². The van der Waals surface area contributed by atoms with E-state index in [4.69, 9.17) is 4.74 Å². The van der Waals surface area contributed by atoms with Crippen LogP contribution >= 0.6 is 0 Å².